The summed E-state index contributed by atoms with van der Waals surface area (Å²) in [6, 6.07) is 10.6. The van der Waals surface area contributed by atoms with Crippen molar-refractivity contribution < 1.29 is 23.8 Å². The predicted molar refractivity (Wildman–Crippen MR) is 136 cm³/mol. The van der Waals surface area contributed by atoms with Gasteiger partial charge < -0.3 is 19.6 Å². The number of anilines is 1. The van der Waals surface area contributed by atoms with Gasteiger partial charge in [0.2, 0.25) is 0 Å². The third kappa shape index (κ3) is 6.52. The first-order chi connectivity index (χ1) is 16.5. The number of rotatable bonds is 11. The highest BCUT2D eigenvalue weighted by Gasteiger charge is 2.33. The Hall–Kier alpha value is -3.10. The minimum atomic E-state index is -0.898. The second-order valence-electron chi connectivity index (χ2n) is 9.33. The van der Waals surface area contributed by atoms with Crippen LogP contribution >= 0.6 is 11.6 Å². The van der Waals surface area contributed by atoms with E-state index >= 15 is 0 Å². The molecule has 0 bridgehead atoms. The number of halogens is 1. The monoisotopic (exact) mass is 501 g/mol. The highest BCUT2D eigenvalue weighted by Crippen LogP contribution is 2.32. The van der Waals surface area contributed by atoms with Crippen LogP contribution in [0.1, 0.15) is 56.5 Å². The van der Waals surface area contributed by atoms with Crippen molar-refractivity contribution >= 4 is 40.5 Å². The lowest BCUT2D eigenvalue weighted by atomic mass is 9.94. The minimum absolute atomic E-state index is 0.0473. The highest BCUT2D eigenvalue weighted by molar-refractivity contribution is 6.30. The van der Waals surface area contributed by atoms with E-state index < -0.39 is 17.6 Å². The number of ether oxygens (including phenoxy) is 1. The van der Waals surface area contributed by atoms with Gasteiger partial charge in [-0.25, -0.2) is 0 Å². The number of methoxy groups -OCH3 is 1. The molecule has 0 spiro atoms. The van der Waals surface area contributed by atoms with Gasteiger partial charge in [-0.3, -0.25) is 14.5 Å². The fourth-order valence-electron chi connectivity index (χ4n) is 4.11. The Labute approximate surface area is 210 Å². The number of nitrogens with zero attached hydrogens (tertiary/aromatic N) is 2. The maximum absolute atomic E-state index is 13.6. The summed E-state index contributed by atoms with van der Waals surface area (Å²) >= 11 is 6.05. The van der Waals surface area contributed by atoms with Gasteiger partial charge in [-0.2, -0.15) is 4.98 Å². The van der Waals surface area contributed by atoms with E-state index in [9.17, 15) is 14.7 Å². The number of oxazole rings is 1. The lowest BCUT2D eigenvalue weighted by Crippen LogP contribution is -2.52. The zero-order valence-electron chi connectivity index (χ0n) is 20.7. The number of benzene rings is 2. The van der Waals surface area contributed by atoms with E-state index in [1.165, 1.54) is 7.11 Å². The topological polar surface area (TPSA) is 105 Å². The van der Waals surface area contributed by atoms with Crippen LogP contribution in [-0.2, 0) is 11.3 Å². The number of carbonyl (C=O) groups is 2. The molecule has 188 valence electrons. The number of aliphatic carboxylic acids is 1. The van der Waals surface area contributed by atoms with Crippen LogP contribution in [0.4, 0.5) is 6.01 Å². The first-order valence-corrected chi connectivity index (χ1v) is 11.9. The number of carbonyl (C=O) groups excluding carboxylic acids is 1. The van der Waals surface area contributed by atoms with Crippen LogP contribution in [0.3, 0.4) is 0 Å². The van der Waals surface area contributed by atoms with Gasteiger partial charge in [0.15, 0.2) is 17.1 Å². The molecule has 1 unspecified atom stereocenters. The second kappa shape index (κ2) is 11.1. The summed E-state index contributed by atoms with van der Waals surface area (Å²) in [5, 5.41) is 13.0. The van der Waals surface area contributed by atoms with Crippen molar-refractivity contribution in [3.05, 3.63) is 52.5 Å². The van der Waals surface area contributed by atoms with Gasteiger partial charge in [0.05, 0.1) is 19.6 Å². The number of Topliss-reactive ketones (excluding diaryl/α,β-unsaturated/α-hetero) is 1. The van der Waals surface area contributed by atoms with Crippen LogP contribution in [-0.4, -0.2) is 52.0 Å². The molecule has 1 heterocycles. The molecule has 0 amide bonds. The van der Waals surface area contributed by atoms with Crippen LogP contribution in [0.2, 0.25) is 5.02 Å². The number of ketones is 1. The smallest absolute Gasteiger partial charge is 0.304 e. The number of aromatic nitrogens is 1. The quantitative estimate of drug-likeness (QED) is 0.325. The van der Waals surface area contributed by atoms with Gasteiger partial charge in [0.1, 0.15) is 5.52 Å². The van der Waals surface area contributed by atoms with E-state index in [1.807, 2.05) is 50.8 Å². The number of carboxylic acid groups (broad SMARTS) is 1. The van der Waals surface area contributed by atoms with Crippen molar-refractivity contribution in [1.29, 1.82) is 0 Å². The molecule has 8 nitrogen and oxygen atoms in total. The van der Waals surface area contributed by atoms with E-state index in [1.54, 1.807) is 18.2 Å². The summed E-state index contributed by atoms with van der Waals surface area (Å²) < 4.78 is 11.4. The molecule has 2 aromatic carbocycles. The number of nitrogens with one attached hydrogen (secondary N) is 1. The van der Waals surface area contributed by atoms with Gasteiger partial charge in [0.25, 0.3) is 6.01 Å². The number of hydrogen-bond acceptors (Lipinski definition) is 7. The summed E-state index contributed by atoms with van der Waals surface area (Å²) in [6.45, 7) is 8.58. The van der Waals surface area contributed by atoms with Gasteiger partial charge >= 0.3 is 5.97 Å². The largest absolute Gasteiger partial charge is 0.493 e. The molecule has 3 aromatic rings. The Morgan fingerprint density at radius 3 is 2.60 bits per heavy atom. The SMILES string of the molecule is CCC(C(=O)c1cc(OC)c2oc(NCc3cccc(Cl)c3)nc2c1)N(CCC(=O)O)C(C)(C)C. The minimum Gasteiger partial charge on any atom is -0.493 e. The van der Waals surface area contributed by atoms with Crippen molar-refractivity contribution in [2.24, 2.45) is 0 Å². The zero-order valence-corrected chi connectivity index (χ0v) is 21.5. The van der Waals surface area contributed by atoms with E-state index in [4.69, 9.17) is 20.8 Å². The Kier molecular flexibility index (Phi) is 8.40. The molecule has 9 heteroatoms. The summed E-state index contributed by atoms with van der Waals surface area (Å²) in [5.41, 5.74) is 1.93. The van der Waals surface area contributed by atoms with Crippen molar-refractivity contribution in [2.75, 3.05) is 19.0 Å². The van der Waals surface area contributed by atoms with Crippen LogP contribution in [0.15, 0.2) is 40.8 Å². The Bertz CT molecular complexity index is 1200. The first-order valence-electron chi connectivity index (χ1n) is 11.5. The molecule has 1 aromatic heterocycles. The van der Waals surface area contributed by atoms with Gasteiger partial charge in [0, 0.05) is 29.2 Å². The summed E-state index contributed by atoms with van der Waals surface area (Å²) in [5.74, 6) is -0.619. The predicted octanol–water partition coefficient (Wildman–Crippen LogP) is 5.64. The maximum atomic E-state index is 13.6. The average molecular weight is 502 g/mol. The molecule has 0 aliphatic heterocycles. The van der Waals surface area contributed by atoms with Crippen LogP contribution in [0.25, 0.3) is 11.1 Å². The first kappa shape index (κ1) is 26.5. The number of hydrogen-bond donors (Lipinski definition) is 2. The summed E-state index contributed by atoms with van der Waals surface area (Å²) in [6.07, 6.45) is 0.482. The van der Waals surface area contributed by atoms with E-state index in [-0.39, 0.29) is 18.7 Å². The van der Waals surface area contributed by atoms with Gasteiger partial charge in [-0.15, -0.1) is 0 Å². The summed E-state index contributed by atoms with van der Waals surface area (Å²) in [4.78, 5) is 31.3. The maximum Gasteiger partial charge on any atom is 0.304 e. The number of fused-ring (bicyclic) bond motifs is 1. The average Bonchev–Trinajstić information content (AvgIpc) is 3.21. The van der Waals surface area contributed by atoms with Crippen LogP contribution < -0.4 is 10.1 Å². The molecule has 3 rings (SSSR count). The van der Waals surface area contributed by atoms with E-state index in [0.29, 0.717) is 46.4 Å². The molecule has 2 N–H and O–H groups in total. The second-order valence-corrected chi connectivity index (χ2v) is 9.76. The normalized spacial score (nSPS) is 12.7. The zero-order chi connectivity index (χ0) is 25.8. The molecule has 0 radical (unpaired) electrons. The lowest BCUT2D eigenvalue weighted by molar-refractivity contribution is -0.137. The Morgan fingerprint density at radius 1 is 1.26 bits per heavy atom. The van der Waals surface area contributed by atoms with Crippen molar-refractivity contribution in [2.45, 2.75) is 58.7 Å². The van der Waals surface area contributed by atoms with Crippen molar-refractivity contribution in [1.82, 2.24) is 9.88 Å². The third-order valence-electron chi connectivity index (χ3n) is 5.79. The summed E-state index contributed by atoms with van der Waals surface area (Å²) in [7, 11) is 1.51. The molecule has 1 atom stereocenters. The molecule has 0 fully saturated rings. The molecule has 0 saturated heterocycles. The van der Waals surface area contributed by atoms with E-state index in [0.717, 1.165) is 5.56 Å². The molecule has 0 aliphatic rings. The van der Waals surface area contributed by atoms with E-state index in [2.05, 4.69) is 10.3 Å². The lowest BCUT2D eigenvalue weighted by Gasteiger charge is -2.40. The standard InChI is InChI=1S/C26H32ClN3O5/c1-6-20(30(26(2,3)4)11-10-22(31)32)23(33)17-13-19-24(21(14-17)34-5)35-25(29-19)28-15-16-8-7-9-18(27)12-16/h7-9,12-14,20H,6,10-11,15H2,1-5H3,(H,28,29)(H,31,32). The van der Waals surface area contributed by atoms with Crippen molar-refractivity contribution in [3.8, 4) is 5.75 Å². The van der Waals surface area contributed by atoms with Gasteiger partial charge in [-0.05, 0) is 57.0 Å². The fraction of sp³-hybridized carbons (Fsp3) is 0.423. The molecule has 35 heavy (non-hydrogen) atoms. The molecular weight excluding hydrogens is 470 g/mol. The Balaban J connectivity index is 1.90. The van der Waals surface area contributed by atoms with Gasteiger partial charge in [-0.1, -0.05) is 30.7 Å². The molecule has 0 aliphatic carbocycles. The van der Waals surface area contributed by atoms with Crippen molar-refractivity contribution in [3.63, 3.8) is 0 Å². The molecular formula is C26H32ClN3O5. The fourth-order valence-corrected chi connectivity index (χ4v) is 4.32. The molecule has 0 saturated carbocycles. The third-order valence-corrected chi connectivity index (χ3v) is 6.02. The van der Waals surface area contributed by atoms with Crippen LogP contribution in [0.5, 0.6) is 5.75 Å². The number of carboxylic acids is 1. The van der Waals surface area contributed by atoms with Crippen LogP contribution in [0, 0.1) is 0 Å². The highest BCUT2D eigenvalue weighted by atomic mass is 35.5. The Morgan fingerprint density at radius 2 is 2.00 bits per heavy atom.